The van der Waals surface area contributed by atoms with Crippen molar-refractivity contribution in [3.05, 3.63) is 83.8 Å². The second-order valence-electron chi connectivity index (χ2n) is 6.37. The molecule has 0 unspecified atom stereocenters. The maximum Gasteiger partial charge on any atom is 0.228 e. The number of aromatic amines is 1. The first-order valence-electron chi connectivity index (χ1n) is 8.81. The van der Waals surface area contributed by atoms with Gasteiger partial charge in [0.15, 0.2) is 11.6 Å². The zero-order valence-corrected chi connectivity index (χ0v) is 15.1. The van der Waals surface area contributed by atoms with Crippen molar-refractivity contribution in [2.45, 2.75) is 6.42 Å². The van der Waals surface area contributed by atoms with E-state index in [1.165, 1.54) is 12.1 Å². The zero-order valence-electron chi connectivity index (χ0n) is 15.1. The Hall–Kier alpha value is -4.18. The van der Waals surface area contributed by atoms with Gasteiger partial charge in [-0.1, -0.05) is 18.2 Å². The van der Waals surface area contributed by atoms with Gasteiger partial charge in [0, 0.05) is 17.1 Å². The van der Waals surface area contributed by atoms with Crippen molar-refractivity contribution in [1.29, 1.82) is 5.26 Å². The lowest BCUT2D eigenvalue weighted by Crippen LogP contribution is -2.14. The molecule has 6 nitrogen and oxygen atoms in total. The van der Waals surface area contributed by atoms with E-state index in [0.717, 1.165) is 16.5 Å². The molecule has 0 aliphatic rings. The Labute approximate surface area is 165 Å². The molecule has 0 saturated heterocycles. The summed E-state index contributed by atoms with van der Waals surface area (Å²) in [5.41, 5.74) is 2.34. The van der Waals surface area contributed by atoms with Gasteiger partial charge in [-0.05, 0) is 42.0 Å². The molecule has 3 aromatic carbocycles. The van der Waals surface area contributed by atoms with E-state index in [9.17, 15) is 9.18 Å². The molecule has 29 heavy (non-hydrogen) atoms. The summed E-state index contributed by atoms with van der Waals surface area (Å²) in [6.07, 6.45) is 1.84. The van der Waals surface area contributed by atoms with Crippen molar-refractivity contribution in [2.24, 2.45) is 0 Å². The van der Waals surface area contributed by atoms with Crippen LogP contribution in [0.2, 0.25) is 0 Å². The number of carbonyl (C=O) groups excluding carboxylic acids is 1. The van der Waals surface area contributed by atoms with Gasteiger partial charge in [-0.25, -0.2) is 4.39 Å². The topological polar surface area (TPSA) is 90.8 Å². The Morgan fingerprint density at radius 3 is 2.83 bits per heavy atom. The Morgan fingerprint density at radius 2 is 2.00 bits per heavy atom. The maximum absolute atomic E-state index is 14.4. The summed E-state index contributed by atoms with van der Waals surface area (Å²) >= 11 is 0. The zero-order chi connectivity index (χ0) is 20.2. The number of rotatable bonds is 5. The number of carbonyl (C=O) groups is 1. The van der Waals surface area contributed by atoms with Crippen molar-refractivity contribution in [3.63, 3.8) is 0 Å². The van der Waals surface area contributed by atoms with Crippen LogP contribution in [0.1, 0.15) is 11.1 Å². The molecule has 0 fully saturated rings. The van der Waals surface area contributed by atoms with Gasteiger partial charge < -0.3 is 10.1 Å². The number of halogens is 1. The molecule has 1 amide bonds. The number of anilines is 1. The molecular weight excluding hydrogens is 371 g/mol. The Kier molecular flexibility index (Phi) is 4.91. The minimum atomic E-state index is -0.643. The molecule has 4 rings (SSSR count). The molecule has 0 aliphatic heterocycles. The van der Waals surface area contributed by atoms with Crippen molar-refractivity contribution in [1.82, 2.24) is 10.2 Å². The minimum Gasteiger partial charge on any atom is -0.453 e. The molecule has 2 N–H and O–H groups in total. The first kappa shape index (κ1) is 18.2. The van der Waals surface area contributed by atoms with E-state index >= 15 is 0 Å². The molecule has 0 atom stereocenters. The summed E-state index contributed by atoms with van der Waals surface area (Å²) in [4.78, 5) is 12.3. The average molecular weight is 386 g/mol. The predicted molar refractivity (Wildman–Crippen MR) is 106 cm³/mol. The number of fused-ring (bicyclic) bond motifs is 1. The lowest BCUT2D eigenvalue weighted by Gasteiger charge is -2.10. The van der Waals surface area contributed by atoms with Gasteiger partial charge in [-0.2, -0.15) is 10.4 Å². The van der Waals surface area contributed by atoms with Crippen LogP contribution in [-0.4, -0.2) is 16.1 Å². The fraction of sp³-hybridized carbons (Fsp3) is 0.0455. The van der Waals surface area contributed by atoms with Crippen LogP contribution >= 0.6 is 0 Å². The Bertz CT molecular complexity index is 1240. The first-order valence-corrected chi connectivity index (χ1v) is 8.81. The molecule has 0 spiro atoms. The lowest BCUT2D eigenvalue weighted by molar-refractivity contribution is -0.115. The van der Waals surface area contributed by atoms with E-state index in [0.29, 0.717) is 11.3 Å². The standard InChI is InChI=1S/C22H15FN4O2/c23-18-11-17(6-8-21(18)29-20-4-2-1-3-15(20)12-24)26-22(28)10-14-5-7-19-16(9-14)13-25-27-19/h1-9,11,13H,10H2,(H,25,27)(H,26,28). The third-order valence-electron chi connectivity index (χ3n) is 4.31. The number of benzene rings is 3. The number of para-hydroxylation sites is 1. The van der Waals surface area contributed by atoms with E-state index in [2.05, 4.69) is 15.5 Å². The molecule has 0 radical (unpaired) electrons. The number of ether oxygens (including phenoxy) is 1. The molecule has 142 valence electrons. The summed E-state index contributed by atoms with van der Waals surface area (Å²) in [6, 6.07) is 18.3. The molecule has 0 bridgehead atoms. The van der Waals surface area contributed by atoms with E-state index in [-0.39, 0.29) is 23.8 Å². The van der Waals surface area contributed by atoms with Crippen LogP contribution in [0, 0.1) is 17.1 Å². The van der Waals surface area contributed by atoms with Gasteiger partial charge >= 0.3 is 0 Å². The van der Waals surface area contributed by atoms with Gasteiger partial charge in [0.2, 0.25) is 5.91 Å². The number of aromatic nitrogens is 2. The van der Waals surface area contributed by atoms with E-state index < -0.39 is 5.82 Å². The molecule has 1 aromatic heterocycles. The average Bonchev–Trinajstić information content (AvgIpc) is 3.18. The van der Waals surface area contributed by atoms with Crippen molar-refractivity contribution >= 4 is 22.5 Å². The van der Waals surface area contributed by atoms with E-state index in [1.54, 1.807) is 36.5 Å². The summed E-state index contributed by atoms with van der Waals surface area (Å²) in [7, 11) is 0. The Balaban J connectivity index is 1.44. The number of nitrogens with one attached hydrogen (secondary N) is 2. The van der Waals surface area contributed by atoms with Crippen LogP contribution in [0.25, 0.3) is 10.9 Å². The monoisotopic (exact) mass is 386 g/mol. The van der Waals surface area contributed by atoms with Crippen LogP contribution in [0.3, 0.4) is 0 Å². The smallest absolute Gasteiger partial charge is 0.228 e. The maximum atomic E-state index is 14.4. The molecule has 7 heteroatoms. The highest BCUT2D eigenvalue weighted by Gasteiger charge is 2.11. The van der Waals surface area contributed by atoms with Gasteiger partial charge in [0.05, 0.1) is 23.7 Å². The van der Waals surface area contributed by atoms with Crippen LogP contribution in [0.15, 0.2) is 66.9 Å². The van der Waals surface area contributed by atoms with Crippen molar-refractivity contribution < 1.29 is 13.9 Å². The highest BCUT2D eigenvalue weighted by molar-refractivity contribution is 5.93. The van der Waals surface area contributed by atoms with Crippen molar-refractivity contribution in [3.8, 4) is 17.6 Å². The lowest BCUT2D eigenvalue weighted by atomic mass is 10.1. The van der Waals surface area contributed by atoms with Crippen molar-refractivity contribution in [2.75, 3.05) is 5.32 Å². The molecule has 0 aliphatic carbocycles. The summed E-state index contributed by atoms with van der Waals surface area (Å²) < 4.78 is 19.9. The van der Waals surface area contributed by atoms with Gasteiger partial charge in [-0.3, -0.25) is 9.89 Å². The summed E-state index contributed by atoms with van der Waals surface area (Å²) in [5, 5.41) is 19.5. The normalized spacial score (nSPS) is 10.5. The largest absolute Gasteiger partial charge is 0.453 e. The highest BCUT2D eigenvalue weighted by atomic mass is 19.1. The summed E-state index contributed by atoms with van der Waals surface area (Å²) in [5.74, 6) is -0.678. The third kappa shape index (κ3) is 4.06. The highest BCUT2D eigenvalue weighted by Crippen LogP contribution is 2.28. The van der Waals surface area contributed by atoms with E-state index in [4.69, 9.17) is 10.00 Å². The minimum absolute atomic E-state index is 0.0314. The molecule has 4 aromatic rings. The fourth-order valence-corrected chi connectivity index (χ4v) is 2.92. The van der Waals surface area contributed by atoms with Crippen LogP contribution in [0.5, 0.6) is 11.5 Å². The van der Waals surface area contributed by atoms with Gasteiger partial charge in [-0.15, -0.1) is 0 Å². The van der Waals surface area contributed by atoms with Gasteiger partial charge in [0.1, 0.15) is 11.8 Å². The second kappa shape index (κ2) is 7.82. The molecule has 1 heterocycles. The first-order chi connectivity index (χ1) is 14.1. The number of nitriles is 1. The number of hydrogen-bond donors (Lipinski definition) is 2. The molecule has 0 saturated carbocycles. The van der Waals surface area contributed by atoms with Crippen LogP contribution < -0.4 is 10.1 Å². The van der Waals surface area contributed by atoms with Gasteiger partial charge in [0.25, 0.3) is 0 Å². The summed E-state index contributed by atoms with van der Waals surface area (Å²) in [6.45, 7) is 0. The SMILES string of the molecule is N#Cc1ccccc1Oc1ccc(NC(=O)Cc2ccc3[nH]ncc3c2)cc1F. The predicted octanol–water partition coefficient (Wildman–Crippen LogP) is 4.55. The number of nitrogens with zero attached hydrogens (tertiary/aromatic N) is 2. The number of amides is 1. The Morgan fingerprint density at radius 1 is 1.14 bits per heavy atom. The fourth-order valence-electron chi connectivity index (χ4n) is 2.92. The van der Waals surface area contributed by atoms with Crippen LogP contribution in [-0.2, 0) is 11.2 Å². The molecular formula is C22H15FN4O2. The number of hydrogen-bond acceptors (Lipinski definition) is 4. The van der Waals surface area contributed by atoms with E-state index in [1.807, 2.05) is 24.3 Å². The third-order valence-corrected chi connectivity index (χ3v) is 4.31. The second-order valence-corrected chi connectivity index (χ2v) is 6.37. The van der Waals surface area contributed by atoms with Crippen LogP contribution in [0.4, 0.5) is 10.1 Å². The number of H-pyrrole nitrogens is 1. The quantitative estimate of drug-likeness (QED) is 0.527.